The van der Waals surface area contributed by atoms with Gasteiger partial charge in [0.15, 0.2) is 5.82 Å². The van der Waals surface area contributed by atoms with E-state index in [2.05, 4.69) is 20.1 Å². The van der Waals surface area contributed by atoms with Gasteiger partial charge in [0.2, 0.25) is 0 Å². The maximum absolute atomic E-state index is 13.6. The molecule has 168 valence electrons. The second-order valence-electron chi connectivity index (χ2n) is 8.03. The third kappa shape index (κ3) is 4.30. The van der Waals surface area contributed by atoms with E-state index in [1.807, 2.05) is 29.8 Å². The van der Waals surface area contributed by atoms with Gasteiger partial charge in [-0.25, -0.2) is 14.6 Å². The number of fused-ring (bicyclic) bond motifs is 1. The van der Waals surface area contributed by atoms with E-state index in [-0.39, 0.29) is 5.56 Å². The van der Waals surface area contributed by atoms with Crippen molar-refractivity contribution < 1.29 is 13.2 Å². The Labute approximate surface area is 188 Å². The fraction of sp³-hybridized carbons (Fsp3) is 0.250. The standard InChI is InChI=1S/C24H21F3N6/c1-16-14-32(15-29-16)18-10-8-17(28-13-18)9-11-22-30-23-20(6-4-12-33(23)31-22)19-5-2-3-7-21(19)24(25,26)27/h2-3,5,7-11,13-15,20H,4,6,12H2,1H3. The third-order valence-corrected chi connectivity index (χ3v) is 5.72. The first kappa shape index (κ1) is 21.1. The first-order valence-electron chi connectivity index (χ1n) is 10.6. The molecule has 0 spiro atoms. The Kier molecular flexibility index (Phi) is 5.32. The van der Waals surface area contributed by atoms with E-state index in [1.54, 1.807) is 41.5 Å². The van der Waals surface area contributed by atoms with Crippen molar-refractivity contribution in [2.75, 3.05) is 0 Å². The van der Waals surface area contributed by atoms with Crippen molar-refractivity contribution in [3.63, 3.8) is 0 Å². The smallest absolute Gasteiger partial charge is 0.304 e. The van der Waals surface area contributed by atoms with Gasteiger partial charge in [-0.2, -0.15) is 18.3 Å². The summed E-state index contributed by atoms with van der Waals surface area (Å²) in [6.07, 6.45) is 5.86. The van der Waals surface area contributed by atoms with Crippen molar-refractivity contribution in [1.82, 2.24) is 29.3 Å². The molecule has 9 heteroatoms. The Morgan fingerprint density at radius 3 is 2.64 bits per heavy atom. The average molecular weight is 450 g/mol. The summed E-state index contributed by atoms with van der Waals surface area (Å²) < 4.78 is 44.3. The fourth-order valence-corrected chi connectivity index (χ4v) is 4.16. The second kappa shape index (κ2) is 8.31. The van der Waals surface area contributed by atoms with Crippen LogP contribution in [0.15, 0.2) is 55.1 Å². The summed E-state index contributed by atoms with van der Waals surface area (Å²) in [5, 5.41) is 4.50. The number of alkyl halides is 3. The van der Waals surface area contributed by atoms with Crippen molar-refractivity contribution in [2.24, 2.45) is 0 Å². The summed E-state index contributed by atoms with van der Waals surface area (Å²) in [6.45, 7) is 2.56. The quantitative estimate of drug-likeness (QED) is 0.424. The number of hydrogen-bond donors (Lipinski definition) is 0. The maximum Gasteiger partial charge on any atom is 0.416 e. The number of nitrogens with zero attached hydrogens (tertiary/aromatic N) is 6. The average Bonchev–Trinajstić information content (AvgIpc) is 3.43. The molecular formula is C24H21F3N6. The molecule has 5 rings (SSSR count). The van der Waals surface area contributed by atoms with Crippen molar-refractivity contribution >= 4 is 12.2 Å². The summed E-state index contributed by atoms with van der Waals surface area (Å²) in [7, 11) is 0. The van der Waals surface area contributed by atoms with E-state index in [4.69, 9.17) is 0 Å². The Hall–Kier alpha value is -3.75. The molecule has 0 saturated carbocycles. The Morgan fingerprint density at radius 1 is 1.06 bits per heavy atom. The van der Waals surface area contributed by atoms with Crippen LogP contribution >= 0.6 is 0 Å². The minimum atomic E-state index is -4.41. The van der Waals surface area contributed by atoms with Crippen molar-refractivity contribution in [1.29, 1.82) is 0 Å². The molecule has 1 unspecified atom stereocenters. The minimum absolute atomic E-state index is 0.251. The zero-order valence-electron chi connectivity index (χ0n) is 17.9. The lowest BCUT2D eigenvalue weighted by molar-refractivity contribution is -0.138. The Balaban J connectivity index is 1.40. The van der Waals surface area contributed by atoms with Crippen molar-refractivity contribution in [3.05, 3.63) is 89.3 Å². The van der Waals surface area contributed by atoms with Gasteiger partial charge in [-0.05, 0) is 55.7 Å². The summed E-state index contributed by atoms with van der Waals surface area (Å²) in [4.78, 5) is 13.2. The lowest BCUT2D eigenvalue weighted by atomic mass is 9.88. The number of benzene rings is 1. The van der Waals surface area contributed by atoms with E-state index < -0.39 is 17.7 Å². The van der Waals surface area contributed by atoms with Gasteiger partial charge in [0.05, 0.1) is 35.2 Å². The molecule has 1 aliphatic rings. The third-order valence-electron chi connectivity index (χ3n) is 5.72. The number of rotatable bonds is 4. The van der Waals surface area contributed by atoms with Gasteiger partial charge in [0.1, 0.15) is 5.82 Å². The molecule has 4 aromatic rings. The highest BCUT2D eigenvalue weighted by molar-refractivity contribution is 5.64. The zero-order valence-corrected chi connectivity index (χ0v) is 17.9. The van der Waals surface area contributed by atoms with E-state index in [0.29, 0.717) is 24.6 Å². The normalized spacial score (nSPS) is 16.3. The second-order valence-corrected chi connectivity index (χ2v) is 8.03. The molecule has 1 aliphatic heterocycles. The van der Waals surface area contributed by atoms with Crippen LogP contribution in [0.3, 0.4) is 0 Å². The topological polar surface area (TPSA) is 61.4 Å². The van der Waals surface area contributed by atoms with Crippen molar-refractivity contribution in [3.8, 4) is 5.69 Å². The van der Waals surface area contributed by atoms with Crippen LogP contribution in [0.5, 0.6) is 0 Å². The summed E-state index contributed by atoms with van der Waals surface area (Å²) in [5.41, 5.74) is 2.18. The largest absolute Gasteiger partial charge is 0.416 e. The number of hydrogen-bond acceptors (Lipinski definition) is 4. The van der Waals surface area contributed by atoms with Crippen LogP contribution in [0.1, 0.15) is 52.9 Å². The number of pyridine rings is 1. The molecule has 0 aliphatic carbocycles. The number of halogens is 3. The van der Waals surface area contributed by atoms with Gasteiger partial charge in [0, 0.05) is 18.7 Å². The number of aryl methyl sites for hydroxylation is 2. The van der Waals surface area contributed by atoms with Gasteiger partial charge in [-0.15, -0.1) is 0 Å². The van der Waals surface area contributed by atoms with E-state index in [1.165, 1.54) is 6.07 Å². The molecule has 3 aromatic heterocycles. The summed E-state index contributed by atoms with van der Waals surface area (Å²) in [5.74, 6) is 0.580. The van der Waals surface area contributed by atoms with E-state index >= 15 is 0 Å². The van der Waals surface area contributed by atoms with Crippen LogP contribution in [-0.2, 0) is 12.7 Å². The molecule has 0 radical (unpaired) electrons. The van der Waals surface area contributed by atoms with Gasteiger partial charge < -0.3 is 4.57 Å². The molecule has 1 atom stereocenters. The maximum atomic E-state index is 13.6. The monoisotopic (exact) mass is 450 g/mol. The summed E-state index contributed by atoms with van der Waals surface area (Å²) >= 11 is 0. The van der Waals surface area contributed by atoms with Gasteiger partial charge in [-0.1, -0.05) is 18.2 Å². The van der Waals surface area contributed by atoms with Crippen LogP contribution in [0.4, 0.5) is 13.2 Å². The fourth-order valence-electron chi connectivity index (χ4n) is 4.16. The SMILES string of the molecule is Cc1cn(-c2ccc(C=Cc3nc4n(n3)CCCC4c3ccccc3C(F)(F)F)nc2)cn1. The number of aromatic nitrogens is 6. The van der Waals surface area contributed by atoms with E-state index in [9.17, 15) is 13.2 Å². The predicted molar refractivity (Wildman–Crippen MR) is 118 cm³/mol. The molecule has 4 heterocycles. The van der Waals surface area contributed by atoms with Gasteiger partial charge in [-0.3, -0.25) is 4.98 Å². The lowest BCUT2D eigenvalue weighted by Gasteiger charge is -2.25. The van der Waals surface area contributed by atoms with Gasteiger partial charge >= 0.3 is 6.18 Å². The molecule has 1 aromatic carbocycles. The first-order chi connectivity index (χ1) is 15.9. The van der Waals surface area contributed by atoms with Crippen LogP contribution in [0, 0.1) is 6.92 Å². The minimum Gasteiger partial charge on any atom is -0.304 e. The van der Waals surface area contributed by atoms with Crippen LogP contribution in [-0.4, -0.2) is 29.3 Å². The highest BCUT2D eigenvalue weighted by atomic mass is 19.4. The molecule has 0 fully saturated rings. The number of imidazole rings is 1. The lowest BCUT2D eigenvalue weighted by Crippen LogP contribution is -2.21. The Bertz CT molecular complexity index is 1300. The predicted octanol–water partition coefficient (Wildman–Crippen LogP) is 5.28. The molecule has 33 heavy (non-hydrogen) atoms. The van der Waals surface area contributed by atoms with Crippen LogP contribution in [0.25, 0.3) is 17.8 Å². The van der Waals surface area contributed by atoms with Gasteiger partial charge in [0.25, 0.3) is 0 Å². The van der Waals surface area contributed by atoms with Crippen LogP contribution < -0.4 is 0 Å². The molecule has 0 N–H and O–H groups in total. The first-order valence-corrected chi connectivity index (χ1v) is 10.6. The molecular weight excluding hydrogens is 429 g/mol. The molecule has 0 saturated heterocycles. The molecule has 0 bridgehead atoms. The van der Waals surface area contributed by atoms with Crippen molar-refractivity contribution in [2.45, 2.75) is 38.4 Å². The highest BCUT2D eigenvalue weighted by Gasteiger charge is 2.37. The molecule has 0 amide bonds. The van der Waals surface area contributed by atoms with Crippen LogP contribution in [0.2, 0.25) is 0 Å². The Morgan fingerprint density at radius 2 is 1.91 bits per heavy atom. The zero-order chi connectivity index (χ0) is 23.0. The highest BCUT2D eigenvalue weighted by Crippen LogP contribution is 2.40. The molecule has 6 nitrogen and oxygen atoms in total. The van der Waals surface area contributed by atoms with E-state index in [0.717, 1.165) is 29.6 Å². The summed E-state index contributed by atoms with van der Waals surface area (Å²) in [6, 6.07) is 9.54.